The molecule has 0 spiro atoms. The summed E-state index contributed by atoms with van der Waals surface area (Å²) in [6, 6.07) is 41.5. The second-order valence-corrected chi connectivity index (χ2v) is 12.0. The van der Waals surface area contributed by atoms with Gasteiger partial charge in [0.2, 0.25) is 0 Å². The van der Waals surface area contributed by atoms with Crippen molar-refractivity contribution in [2.45, 2.75) is 0 Å². The Morgan fingerprint density at radius 2 is 1.02 bits per heavy atom. The quantitative estimate of drug-likeness (QED) is 0.186. The number of nitrogens with zero attached hydrogens (tertiary/aromatic N) is 3. The van der Waals surface area contributed by atoms with Crippen LogP contribution in [0.5, 0.6) is 0 Å². The molecule has 50 heavy (non-hydrogen) atoms. The van der Waals surface area contributed by atoms with Crippen molar-refractivity contribution in [2.75, 3.05) is 0 Å². The Kier molecular flexibility index (Phi) is 5.35. The van der Waals surface area contributed by atoms with Crippen molar-refractivity contribution < 1.29 is 15.7 Å². The van der Waals surface area contributed by atoms with E-state index in [1.54, 1.807) is 12.1 Å². The fourth-order valence-corrected chi connectivity index (χ4v) is 6.67. The fourth-order valence-electron chi connectivity index (χ4n) is 6.67. The van der Waals surface area contributed by atoms with E-state index in [-0.39, 0.29) is 29.7 Å². The predicted molar refractivity (Wildman–Crippen MR) is 202 cm³/mol. The van der Waals surface area contributed by atoms with Gasteiger partial charge in [0.15, 0.2) is 17.5 Å². The van der Waals surface area contributed by atoms with Crippen LogP contribution in [0.15, 0.2) is 173 Å². The molecule has 7 aromatic carbocycles. The lowest BCUT2D eigenvalue weighted by atomic mass is 9.99. The van der Waals surface area contributed by atoms with E-state index in [9.17, 15) is 0 Å². The molecule has 5 nitrogen and oxygen atoms in total. The van der Waals surface area contributed by atoms with Gasteiger partial charge in [-0.25, -0.2) is 15.0 Å². The Balaban J connectivity index is 1.10. The first-order valence-electron chi connectivity index (χ1n) is 18.7. The highest BCUT2D eigenvalue weighted by Gasteiger charge is 2.20. The van der Waals surface area contributed by atoms with Gasteiger partial charge in [-0.2, -0.15) is 0 Å². The zero-order valence-electron chi connectivity index (χ0n) is 31.4. The lowest BCUT2D eigenvalue weighted by molar-refractivity contribution is 0.668. The van der Waals surface area contributed by atoms with Crippen LogP contribution in [0.3, 0.4) is 0 Å². The largest absolute Gasteiger partial charge is 0.456 e. The number of hydrogen-bond donors (Lipinski definition) is 0. The molecule has 3 heterocycles. The Morgan fingerprint density at radius 3 is 1.86 bits per heavy atom. The van der Waals surface area contributed by atoms with E-state index in [2.05, 4.69) is 6.07 Å². The SMILES string of the molecule is [2H]c1c([2H])c([2H])c(-c2ccc(-c3ccc4oc5c(-c6nc(-c7ccccc7)nc(-c7cccc8oc9ccccc9c78)n6)cccc5c4c3)cc2)c([2H])c1[2H]. The lowest BCUT2D eigenvalue weighted by Crippen LogP contribution is -2.00. The summed E-state index contributed by atoms with van der Waals surface area (Å²) in [7, 11) is 0. The first-order chi connectivity index (χ1) is 26.8. The van der Waals surface area contributed by atoms with Gasteiger partial charge in [-0.05, 0) is 52.6 Å². The zero-order chi connectivity index (χ0) is 37.4. The number of furan rings is 2. The van der Waals surface area contributed by atoms with Gasteiger partial charge >= 0.3 is 0 Å². The van der Waals surface area contributed by atoms with Gasteiger partial charge in [-0.1, -0.05) is 133 Å². The van der Waals surface area contributed by atoms with Crippen LogP contribution in [0.2, 0.25) is 0 Å². The summed E-state index contributed by atoms with van der Waals surface area (Å²) < 4.78 is 53.6. The number of hydrogen-bond acceptors (Lipinski definition) is 5. The van der Waals surface area contributed by atoms with Crippen LogP contribution in [0.4, 0.5) is 0 Å². The number of benzene rings is 7. The maximum atomic E-state index is 8.39. The Hall–Kier alpha value is -6.85. The molecule has 0 unspecified atom stereocenters. The summed E-state index contributed by atoms with van der Waals surface area (Å²) in [4.78, 5) is 15.1. The predicted octanol–water partition coefficient (Wildman–Crippen LogP) is 12.0. The zero-order valence-corrected chi connectivity index (χ0v) is 26.4. The van der Waals surface area contributed by atoms with Crippen LogP contribution in [0.1, 0.15) is 6.85 Å². The van der Waals surface area contributed by atoms with Crippen molar-refractivity contribution in [3.8, 4) is 56.4 Å². The minimum atomic E-state index is -0.410. The van der Waals surface area contributed by atoms with Crippen molar-refractivity contribution in [2.24, 2.45) is 0 Å². The number of fused-ring (bicyclic) bond motifs is 6. The van der Waals surface area contributed by atoms with Gasteiger partial charge < -0.3 is 8.83 Å². The molecule has 10 aromatic rings. The van der Waals surface area contributed by atoms with Crippen molar-refractivity contribution in [1.82, 2.24) is 15.0 Å². The maximum absolute atomic E-state index is 8.39. The molecule has 10 rings (SSSR count). The van der Waals surface area contributed by atoms with Crippen LogP contribution < -0.4 is 0 Å². The minimum absolute atomic E-state index is 0.174. The van der Waals surface area contributed by atoms with Gasteiger partial charge in [-0.3, -0.25) is 0 Å². The van der Waals surface area contributed by atoms with Crippen molar-refractivity contribution in [3.05, 3.63) is 164 Å². The summed E-state index contributed by atoms with van der Waals surface area (Å²) in [5.74, 6) is 1.53. The average molecular weight is 647 g/mol. The van der Waals surface area contributed by atoms with Crippen molar-refractivity contribution >= 4 is 43.9 Å². The molecule has 0 saturated heterocycles. The standard InChI is InChI=1S/C45H27N3O2/c1-3-11-28(12-4-1)29-21-23-30(24-22-29)32-25-26-39-37(27-32)33-16-9-18-36(42(33)50-39)45-47-43(31-13-5-2-6-14-31)46-44(48-45)35-17-10-20-40-41(35)34-15-7-8-19-38(34)49-40/h1-27H/i1D,3D,4D,11D,12D. The number of para-hydroxylation sites is 2. The summed E-state index contributed by atoms with van der Waals surface area (Å²) in [6.07, 6.45) is 0. The summed E-state index contributed by atoms with van der Waals surface area (Å²) in [6.45, 7) is 0. The molecule has 0 atom stereocenters. The molecule has 0 fully saturated rings. The van der Waals surface area contributed by atoms with E-state index in [4.69, 9.17) is 30.6 Å². The minimum Gasteiger partial charge on any atom is -0.456 e. The van der Waals surface area contributed by atoms with Gasteiger partial charge in [0.05, 0.1) is 12.4 Å². The van der Waals surface area contributed by atoms with E-state index in [0.717, 1.165) is 60.5 Å². The van der Waals surface area contributed by atoms with Crippen LogP contribution in [0.25, 0.3) is 100 Å². The lowest BCUT2D eigenvalue weighted by Gasteiger charge is -2.09. The smallest absolute Gasteiger partial charge is 0.167 e. The van der Waals surface area contributed by atoms with Crippen molar-refractivity contribution in [3.63, 3.8) is 0 Å². The monoisotopic (exact) mass is 646 g/mol. The molecule has 0 amide bonds. The molecule has 234 valence electrons. The molecular weight excluding hydrogens is 615 g/mol. The summed E-state index contributed by atoms with van der Waals surface area (Å²) in [5, 5.41) is 3.73. The van der Waals surface area contributed by atoms with E-state index >= 15 is 0 Å². The van der Waals surface area contributed by atoms with Gasteiger partial charge in [0.25, 0.3) is 0 Å². The van der Waals surface area contributed by atoms with E-state index in [1.807, 2.05) is 115 Å². The molecule has 5 heteroatoms. The molecule has 0 aliphatic heterocycles. The molecule has 3 aromatic heterocycles. The molecule has 0 N–H and O–H groups in total. The molecule has 0 aliphatic rings. The molecule has 0 saturated carbocycles. The van der Waals surface area contributed by atoms with Crippen molar-refractivity contribution in [1.29, 1.82) is 0 Å². The van der Waals surface area contributed by atoms with E-state index in [1.165, 1.54) is 0 Å². The molecular formula is C45H27N3O2. The highest BCUT2D eigenvalue weighted by Crippen LogP contribution is 2.39. The Morgan fingerprint density at radius 1 is 0.400 bits per heavy atom. The normalized spacial score (nSPS) is 13.0. The average Bonchev–Trinajstić information content (AvgIpc) is 3.81. The third-order valence-electron chi connectivity index (χ3n) is 9.06. The third kappa shape index (κ3) is 4.67. The number of aromatic nitrogens is 3. The number of rotatable bonds is 5. The Bertz CT molecular complexity index is 3130. The van der Waals surface area contributed by atoms with E-state index < -0.39 is 6.04 Å². The van der Waals surface area contributed by atoms with Crippen LogP contribution in [-0.2, 0) is 0 Å². The van der Waals surface area contributed by atoms with Crippen LogP contribution in [0, 0.1) is 0 Å². The second-order valence-electron chi connectivity index (χ2n) is 12.0. The molecule has 0 aliphatic carbocycles. The first kappa shape index (κ1) is 23.5. The maximum Gasteiger partial charge on any atom is 0.167 e. The fraction of sp³-hybridized carbons (Fsp3) is 0. The third-order valence-corrected chi connectivity index (χ3v) is 9.06. The molecule has 0 bridgehead atoms. The summed E-state index contributed by atoms with van der Waals surface area (Å²) >= 11 is 0. The molecule has 0 radical (unpaired) electrons. The van der Waals surface area contributed by atoms with Gasteiger partial charge in [0.1, 0.15) is 22.3 Å². The highest BCUT2D eigenvalue weighted by molar-refractivity contribution is 6.12. The Labute approximate surface area is 294 Å². The first-order valence-corrected chi connectivity index (χ1v) is 16.2. The van der Waals surface area contributed by atoms with Crippen LogP contribution in [-0.4, -0.2) is 15.0 Å². The topological polar surface area (TPSA) is 65.0 Å². The van der Waals surface area contributed by atoms with Gasteiger partial charge in [0, 0.05) is 32.7 Å². The second kappa shape index (κ2) is 11.4. The van der Waals surface area contributed by atoms with Crippen LogP contribution >= 0.6 is 0 Å². The van der Waals surface area contributed by atoms with E-state index in [0.29, 0.717) is 34.2 Å². The summed E-state index contributed by atoms with van der Waals surface area (Å²) in [5.41, 5.74) is 7.86. The highest BCUT2D eigenvalue weighted by atomic mass is 16.3. The van der Waals surface area contributed by atoms with Gasteiger partial charge in [-0.15, -0.1) is 0 Å².